The van der Waals surface area contributed by atoms with Crippen molar-refractivity contribution in [2.45, 2.75) is 0 Å². The van der Waals surface area contributed by atoms with E-state index in [1.807, 2.05) is 24.3 Å². The Morgan fingerprint density at radius 3 is 3.00 bits per heavy atom. The van der Waals surface area contributed by atoms with Crippen molar-refractivity contribution in [1.82, 2.24) is 24.7 Å². The molecule has 1 aliphatic heterocycles. The number of nitrogens with one attached hydrogen (secondary N) is 3. The molecule has 0 unspecified atom stereocenters. The fourth-order valence-corrected chi connectivity index (χ4v) is 3.00. The van der Waals surface area contributed by atoms with Gasteiger partial charge in [-0.1, -0.05) is 6.58 Å². The van der Waals surface area contributed by atoms with E-state index in [0.717, 1.165) is 22.5 Å². The zero-order valence-electron chi connectivity index (χ0n) is 12.5. The highest BCUT2D eigenvalue weighted by Crippen LogP contribution is 2.32. The third kappa shape index (κ3) is 1.70. The Morgan fingerprint density at radius 2 is 2.08 bits per heavy atom. The van der Waals surface area contributed by atoms with Crippen LogP contribution in [0.15, 0.2) is 47.5 Å². The van der Waals surface area contributed by atoms with E-state index in [2.05, 4.69) is 32.1 Å². The Morgan fingerprint density at radius 1 is 1.21 bits per heavy atom. The van der Waals surface area contributed by atoms with E-state index < -0.39 is 0 Å². The van der Waals surface area contributed by atoms with Gasteiger partial charge in [-0.25, -0.2) is 4.79 Å². The quantitative estimate of drug-likeness (QED) is 0.497. The average Bonchev–Trinajstić information content (AvgIpc) is 3.16. The van der Waals surface area contributed by atoms with Crippen LogP contribution in [0.2, 0.25) is 0 Å². The lowest BCUT2D eigenvalue weighted by atomic mass is 10.2. The highest BCUT2D eigenvalue weighted by atomic mass is 16.5. The minimum atomic E-state index is -0.275. The molecule has 0 saturated heterocycles. The second-order valence-electron chi connectivity index (χ2n) is 5.60. The van der Waals surface area contributed by atoms with Crippen LogP contribution in [0.4, 0.5) is 5.69 Å². The largest absolute Gasteiger partial charge is 0.485 e. The second-order valence-corrected chi connectivity index (χ2v) is 5.60. The number of fused-ring (bicyclic) bond motifs is 4. The molecule has 24 heavy (non-hydrogen) atoms. The predicted molar refractivity (Wildman–Crippen MR) is 89.6 cm³/mol. The number of nitrogens with zero attached hydrogens (tertiary/aromatic N) is 3. The first-order valence-corrected chi connectivity index (χ1v) is 7.37. The molecule has 0 spiro atoms. The molecule has 0 atom stereocenters. The van der Waals surface area contributed by atoms with Gasteiger partial charge < -0.3 is 15.0 Å². The van der Waals surface area contributed by atoms with Crippen molar-refractivity contribution >= 4 is 27.9 Å². The molecular formula is C16H12N6O2. The van der Waals surface area contributed by atoms with Crippen molar-refractivity contribution < 1.29 is 4.74 Å². The number of hydrogen-bond acceptors (Lipinski definition) is 5. The highest BCUT2D eigenvalue weighted by molar-refractivity contribution is 6.00. The zero-order valence-corrected chi connectivity index (χ0v) is 12.5. The second kappa shape index (κ2) is 4.48. The summed E-state index contributed by atoms with van der Waals surface area (Å²) in [5.41, 5.74) is 3.72. The minimum Gasteiger partial charge on any atom is -0.485 e. The number of imidazole rings is 1. The van der Waals surface area contributed by atoms with Crippen LogP contribution in [0.25, 0.3) is 27.9 Å². The minimum absolute atomic E-state index is 0.275. The molecule has 4 aromatic rings. The van der Waals surface area contributed by atoms with Crippen LogP contribution >= 0.6 is 0 Å². The molecule has 0 amide bonds. The summed E-state index contributed by atoms with van der Waals surface area (Å²) in [5, 5.41) is 12.1. The lowest BCUT2D eigenvalue weighted by molar-refractivity contribution is 0.346. The number of anilines is 1. The van der Waals surface area contributed by atoms with Crippen LogP contribution in [0.3, 0.4) is 0 Å². The molecular weight excluding hydrogens is 308 g/mol. The molecule has 0 aliphatic carbocycles. The fourth-order valence-electron chi connectivity index (χ4n) is 3.00. The first kappa shape index (κ1) is 12.9. The highest BCUT2D eigenvalue weighted by Gasteiger charge is 2.18. The van der Waals surface area contributed by atoms with Gasteiger partial charge in [0.2, 0.25) is 0 Å². The molecule has 8 heteroatoms. The van der Waals surface area contributed by atoms with Crippen molar-refractivity contribution in [3.05, 3.63) is 53.2 Å². The van der Waals surface area contributed by atoms with Gasteiger partial charge >= 0.3 is 5.69 Å². The normalized spacial score (nSPS) is 13.8. The lowest BCUT2D eigenvalue weighted by Crippen LogP contribution is -2.18. The Bertz CT molecular complexity index is 1180. The SMILES string of the molecule is C=C1COc2ccc(-n3c(=O)[nH]c4nnc5[nH]ccc5c43)cc2N1. The van der Waals surface area contributed by atoms with Gasteiger partial charge in [0.25, 0.3) is 0 Å². The number of benzene rings is 1. The van der Waals surface area contributed by atoms with Crippen LogP contribution in [-0.2, 0) is 0 Å². The summed E-state index contributed by atoms with van der Waals surface area (Å²) in [4.78, 5) is 18.3. The van der Waals surface area contributed by atoms with Gasteiger partial charge in [0, 0.05) is 17.3 Å². The van der Waals surface area contributed by atoms with E-state index in [4.69, 9.17) is 4.74 Å². The summed E-state index contributed by atoms with van der Waals surface area (Å²) in [5.74, 6) is 0.727. The van der Waals surface area contributed by atoms with Crippen molar-refractivity contribution in [2.24, 2.45) is 0 Å². The Hall–Kier alpha value is -3.55. The molecule has 3 N–H and O–H groups in total. The van der Waals surface area contributed by atoms with E-state index in [0.29, 0.717) is 29.1 Å². The summed E-state index contributed by atoms with van der Waals surface area (Å²) in [6.07, 6.45) is 1.77. The van der Waals surface area contributed by atoms with Gasteiger partial charge in [-0.05, 0) is 24.3 Å². The maximum Gasteiger partial charge on any atom is 0.332 e. The maximum absolute atomic E-state index is 12.5. The van der Waals surface area contributed by atoms with Crippen molar-refractivity contribution in [1.29, 1.82) is 0 Å². The van der Waals surface area contributed by atoms with Gasteiger partial charge in [0.05, 0.1) is 11.4 Å². The summed E-state index contributed by atoms with van der Waals surface area (Å²) in [6, 6.07) is 7.39. The molecule has 8 nitrogen and oxygen atoms in total. The van der Waals surface area contributed by atoms with E-state index in [1.54, 1.807) is 10.8 Å². The molecule has 3 aromatic heterocycles. The monoisotopic (exact) mass is 320 g/mol. The first-order chi connectivity index (χ1) is 11.7. The number of aromatic nitrogens is 5. The number of rotatable bonds is 1. The maximum atomic E-state index is 12.5. The van der Waals surface area contributed by atoms with Crippen molar-refractivity contribution in [3.63, 3.8) is 0 Å². The van der Waals surface area contributed by atoms with Crippen molar-refractivity contribution in [3.8, 4) is 11.4 Å². The number of ether oxygens (including phenoxy) is 1. The summed E-state index contributed by atoms with van der Waals surface area (Å²) in [7, 11) is 0. The number of H-pyrrole nitrogens is 2. The van der Waals surface area contributed by atoms with Crippen molar-refractivity contribution in [2.75, 3.05) is 11.9 Å². The van der Waals surface area contributed by atoms with Crippen LogP contribution in [0, 0.1) is 0 Å². The number of hydrogen-bond donors (Lipinski definition) is 3. The topological polar surface area (TPSA) is 101 Å². The van der Waals surface area contributed by atoms with E-state index in [1.165, 1.54) is 0 Å². The third-order valence-electron chi connectivity index (χ3n) is 4.04. The van der Waals surface area contributed by atoms with E-state index >= 15 is 0 Å². The summed E-state index contributed by atoms with van der Waals surface area (Å²) < 4.78 is 7.18. The molecule has 1 aliphatic rings. The molecule has 4 heterocycles. The van der Waals surface area contributed by atoms with Crippen LogP contribution in [0.5, 0.6) is 5.75 Å². The van der Waals surface area contributed by atoms with Gasteiger partial charge in [-0.3, -0.25) is 9.55 Å². The smallest absolute Gasteiger partial charge is 0.332 e. The average molecular weight is 320 g/mol. The van der Waals surface area contributed by atoms with E-state index in [9.17, 15) is 4.79 Å². The molecule has 0 fully saturated rings. The predicted octanol–water partition coefficient (Wildman–Crippen LogP) is 1.91. The molecule has 0 bridgehead atoms. The van der Waals surface area contributed by atoms with Gasteiger partial charge in [0.15, 0.2) is 11.3 Å². The molecule has 1 aromatic carbocycles. The lowest BCUT2D eigenvalue weighted by Gasteiger charge is -2.21. The van der Waals surface area contributed by atoms with E-state index in [-0.39, 0.29) is 5.69 Å². The van der Waals surface area contributed by atoms with Crippen LogP contribution in [-0.4, -0.2) is 31.3 Å². The molecule has 0 saturated carbocycles. The molecule has 0 radical (unpaired) electrons. The van der Waals surface area contributed by atoms with Crippen LogP contribution in [0.1, 0.15) is 0 Å². The molecule has 5 rings (SSSR count). The zero-order chi connectivity index (χ0) is 16.3. The third-order valence-corrected chi connectivity index (χ3v) is 4.04. The summed E-state index contributed by atoms with van der Waals surface area (Å²) in [6.45, 7) is 4.30. The fraction of sp³-hybridized carbons (Fsp3) is 0.0625. The van der Waals surface area contributed by atoms with Gasteiger partial charge in [-0.2, -0.15) is 0 Å². The summed E-state index contributed by atoms with van der Waals surface area (Å²) >= 11 is 0. The van der Waals surface area contributed by atoms with Crippen LogP contribution < -0.4 is 15.7 Å². The first-order valence-electron chi connectivity index (χ1n) is 7.37. The number of aromatic amines is 2. The van der Waals surface area contributed by atoms with Gasteiger partial charge in [0.1, 0.15) is 17.9 Å². The standard InChI is InChI=1S/C16H12N6O2/c1-8-7-24-12-3-2-9(6-11(12)18-8)22-13-10-4-5-17-14(10)20-21-15(13)19-16(22)23/h2-6,18H,1,7H2,(H,17,20)(H,19,21,23). The van der Waals surface area contributed by atoms with Gasteiger partial charge in [-0.15, -0.1) is 10.2 Å². The molecule has 118 valence electrons. The Kier molecular flexibility index (Phi) is 2.41. The Balaban J connectivity index is 1.82. The Labute approximate surface area is 134 Å².